The standard InChI is InChI=1S/C17H19N3O/c1-17(2,3)12-6-4-5-7-15(12)21-16-19-13-9-8-11(18)10-14(13)20-16/h4-10H,18H2,1-3H3,(H,19,20). The smallest absolute Gasteiger partial charge is 0.300 e. The van der Waals surface area contributed by atoms with E-state index in [1.54, 1.807) is 0 Å². The van der Waals surface area contributed by atoms with E-state index in [-0.39, 0.29) is 5.41 Å². The van der Waals surface area contributed by atoms with Crippen molar-refractivity contribution in [3.8, 4) is 11.8 Å². The number of nitrogens with zero attached hydrogens (tertiary/aromatic N) is 1. The molecule has 0 spiro atoms. The van der Waals surface area contributed by atoms with Crippen molar-refractivity contribution in [2.45, 2.75) is 26.2 Å². The number of aromatic nitrogens is 2. The molecule has 0 amide bonds. The number of H-pyrrole nitrogens is 1. The minimum absolute atomic E-state index is 0.00698. The number of anilines is 1. The molecule has 1 aromatic heterocycles. The van der Waals surface area contributed by atoms with Crippen molar-refractivity contribution in [2.24, 2.45) is 0 Å². The Labute approximate surface area is 124 Å². The Balaban J connectivity index is 1.99. The number of fused-ring (bicyclic) bond motifs is 1. The number of para-hydroxylation sites is 1. The van der Waals surface area contributed by atoms with Gasteiger partial charge >= 0.3 is 0 Å². The maximum atomic E-state index is 5.95. The van der Waals surface area contributed by atoms with Gasteiger partial charge in [0.1, 0.15) is 5.75 Å². The van der Waals surface area contributed by atoms with E-state index in [4.69, 9.17) is 10.5 Å². The number of hydrogen-bond acceptors (Lipinski definition) is 3. The van der Waals surface area contributed by atoms with Crippen LogP contribution < -0.4 is 10.5 Å². The fourth-order valence-corrected chi connectivity index (χ4v) is 2.33. The quantitative estimate of drug-likeness (QED) is 0.691. The van der Waals surface area contributed by atoms with Gasteiger partial charge < -0.3 is 15.5 Å². The molecule has 0 fully saturated rings. The van der Waals surface area contributed by atoms with Crippen molar-refractivity contribution in [3.63, 3.8) is 0 Å². The summed E-state index contributed by atoms with van der Waals surface area (Å²) in [5.74, 6) is 0.817. The summed E-state index contributed by atoms with van der Waals surface area (Å²) in [6.45, 7) is 6.48. The molecule has 0 bridgehead atoms. The molecule has 3 rings (SSSR count). The molecule has 108 valence electrons. The van der Waals surface area contributed by atoms with Crippen LogP contribution in [0, 0.1) is 0 Å². The van der Waals surface area contributed by atoms with E-state index in [0.29, 0.717) is 11.7 Å². The van der Waals surface area contributed by atoms with Crippen LogP contribution in [0.15, 0.2) is 42.5 Å². The second kappa shape index (κ2) is 4.81. The summed E-state index contributed by atoms with van der Waals surface area (Å²) in [6.07, 6.45) is 0. The van der Waals surface area contributed by atoms with E-state index in [0.717, 1.165) is 22.3 Å². The molecule has 0 saturated heterocycles. The SMILES string of the molecule is CC(C)(C)c1ccccc1Oc1nc2ccc(N)cc2[nH]1. The van der Waals surface area contributed by atoms with Gasteiger partial charge in [-0.2, -0.15) is 4.98 Å². The number of nitrogen functional groups attached to an aromatic ring is 1. The summed E-state index contributed by atoms with van der Waals surface area (Å²) in [5, 5.41) is 0. The second-order valence-electron chi connectivity index (χ2n) is 6.17. The lowest BCUT2D eigenvalue weighted by molar-refractivity contribution is 0.429. The van der Waals surface area contributed by atoms with E-state index in [1.165, 1.54) is 0 Å². The van der Waals surface area contributed by atoms with Crippen LogP contribution in [0.4, 0.5) is 5.69 Å². The molecule has 0 atom stereocenters. The second-order valence-corrected chi connectivity index (χ2v) is 6.17. The van der Waals surface area contributed by atoms with Crippen LogP contribution in [0.25, 0.3) is 11.0 Å². The van der Waals surface area contributed by atoms with Crippen LogP contribution in [-0.4, -0.2) is 9.97 Å². The molecule has 1 heterocycles. The Kier molecular flexibility index (Phi) is 3.09. The number of nitrogens with two attached hydrogens (primary N) is 1. The number of hydrogen-bond donors (Lipinski definition) is 2. The van der Waals surface area contributed by atoms with Crippen molar-refractivity contribution in [2.75, 3.05) is 5.73 Å². The van der Waals surface area contributed by atoms with Gasteiger partial charge in [-0.05, 0) is 29.7 Å². The third-order valence-electron chi connectivity index (χ3n) is 3.39. The molecule has 0 radical (unpaired) electrons. The van der Waals surface area contributed by atoms with Gasteiger partial charge in [-0.3, -0.25) is 0 Å². The molecule has 0 aliphatic heterocycles. The Hall–Kier alpha value is -2.49. The summed E-state index contributed by atoms with van der Waals surface area (Å²) in [4.78, 5) is 7.59. The van der Waals surface area contributed by atoms with Gasteiger partial charge in [-0.1, -0.05) is 39.0 Å². The zero-order chi connectivity index (χ0) is 15.0. The lowest BCUT2D eigenvalue weighted by Gasteiger charge is -2.21. The van der Waals surface area contributed by atoms with Gasteiger partial charge in [-0.15, -0.1) is 0 Å². The fraction of sp³-hybridized carbons (Fsp3) is 0.235. The van der Waals surface area contributed by atoms with Gasteiger partial charge in [0.2, 0.25) is 0 Å². The maximum absolute atomic E-state index is 5.95. The Morgan fingerprint density at radius 3 is 2.62 bits per heavy atom. The van der Waals surface area contributed by atoms with Crippen LogP contribution in [-0.2, 0) is 5.41 Å². The number of nitrogens with one attached hydrogen (secondary N) is 1. The van der Waals surface area contributed by atoms with E-state index in [2.05, 4.69) is 36.8 Å². The Morgan fingerprint density at radius 2 is 1.86 bits per heavy atom. The average molecular weight is 281 g/mol. The molecule has 2 aromatic carbocycles. The third kappa shape index (κ3) is 2.70. The van der Waals surface area contributed by atoms with Crippen LogP contribution in [0.3, 0.4) is 0 Å². The minimum atomic E-state index is 0.00698. The highest BCUT2D eigenvalue weighted by Gasteiger charge is 2.19. The molecule has 0 unspecified atom stereocenters. The van der Waals surface area contributed by atoms with Gasteiger partial charge in [0, 0.05) is 11.3 Å². The Morgan fingerprint density at radius 1 is 1.10 bits per heavy atom. The fourth-order valence-electron chi connectivity index (χ4n) is 2.33. The number of aromatic amines is 1. The Bertz CT molecular complexity index is 784. The largest absolute Gasteiger partial charge is 0.425 e. The maximum Gasteiger partial charge on any atom is 0.300 e. The van der Waals surface area contributed by atoms with Crippen molar-refractivity contribution < 1.29 is 4.74 Å². The first-order chi connectivity index (χ1) is 9.93. The normalized spacial score (nSPS) is 11.8. The third-order valence-corrected chi connectivity index (χ3v) is 3.39. The molecule has 0 aliphatic carbocycles. The number of rotatable bonds is 2. The molecular formula is C17H19N3O. The van der Waals surface area contributed by atoms with E-state index in [1.807, 2.05) is 36.4 Å². The number of ether oxygens (including phenoxy) is 1. The zero-order valence-electron chi connectivity index (χ0n) is 12.5. The highest BCUT2D eigenvalue weighted by atomic mass is 16.5. The van der Waals surface area contributed by atoms with E-state index < -0.39 is 0 Å². The van der Waals surface area contributed by atoms with E-state index >= 15 is 0 Å². The summed E-state index contributed by atoms with van der Waals surface area (Å²) in [5.41, 5.74) is 9.34. The molecule has 4 heteroatoms. The van der Waals surface area contributed by atoms with Crippen molar-refractivity contribution in [1.29, 1.82) is 0 Å². The van der Waals surface area contributed by atoms with Crippen LogP contribution in [0.1, 0.15) is 26.3 Å². The molecule has 4 nitrogen and oxygen atoms in total. The van der Waals surface area contributed by atoms with Crippen molar-refractivity contribution in [1.82, 2.24) is 9.97 Å². The van der Waals surface area contributed by atoms with Gasteiger partial charge in [0.15, 0.2) is 0 Å². The summed E-state index contributed by atoms with van der Waals surface area (Å²) >= 11 is 0. The minimum Gasteiger partial charge on any atom is -0.425 e. The first-order valence-electron chi connectivity index (χ1n) is 6.96. The summed E-state index contributed by atoms with van der Waals surface area (Å²) in [7, 11) is 0. The van der Waals surface area contributed by atoms with Gasteiger partial charge in [-0.25, -0.2) is 0 Å². The zero-order valence-corrected chi connectivity index (χ0v) is 12.5. The molecular weight excluding hydrogens is 262 g/mol. The molecule has 0 saturated carbocycles. The monoisotopic (exact) mass is 281 g/mol. The predicted molar refractivity (Wildman–Crippen MR) is 85.7 cm³/mol. The van der Waals surface area contributed by atoms with Crippen LogP contribution >= 0.6 is 0 Å². The van der Waals surface area contributed by atoms with Crippen LogP contribution in [0.5, 0.6) is 11.8 Å². The number of benzene rings is 2. The number of imidazole rings is 1. The van der Waals surface area contributed by atoms with E-state index in [9.17, 15) is 0 Å². The molecule has 3 aromatic rings. The predicted octanol–water partition coefficient (Wildman–Crippen LogP) is 4.23. The molecule has 0 aliphatic rings. The first kappa shape index (κ1) is 13.5. The summed E-state index contributed by atoms with van der Waals surface area (Å²) < 4.78 is 5.95. The average Bonchev–Trinajstić information content (AvgIpc) is 2.79. The van der Waals surface area contributed by atoms with Crippen LogP contribution in [0.2, 0.25) is 0 Å². The highest BCUT2D eigenvalue weighted by molar-refractivity contribution is 5.79. The summed E-state index contributed by atoms with van der Waals surface area (Å²) in [6, 6.07) is 14.1. The van der Waals surface area contributed by atoms with Gasteiger partial charge in [0.25, 0.3) is 6.01 Å². The lowest BCUT2D eigenvalue weighted by Crippen LogP contribution is -2.12. The first-order valence-corrected chi connectivity index (χ1v) is 6.96. The molecule has 3 N–H and O–H groups in total. The van der Waals surface area contributed by atoms with Gasteiger partial charge in [0.05, 0.1) is 11.0 Å². The molecule has 21 heavy (non-hydrogen) atoms. The topological polar surface area (TPSA) is 63.9 Å². The van der Waals surface area contributed by atoms with Crippen molar-refractivity contribution >= 4 is 16.7 Å². The highest BCUT2D eigenvalue weighted by Crippen LogP contribution is 2.33. The van der Waals surface area contributed by atoms with Crippen molar-refractivity contribution in [3.05, 3.63) is 48.0 Å². The lowest BCUT2D eigenvalue weighted by atomic mass is 9.86.